The lowest BCUT2D eigenvalue weighted by Gasteiger charge is -2.30. The van der Waals surface area contributed by atoms with Crippen molar-refractivity contribution in [3.05, 3.63) is 70.8 Å². The highest BCUT2D eigenvalue weighted by Gasteiger charge is 2.37. The van der Waals surface area contributed by atoms with Crippen molar-refractivity contribution in [2.24, 2.45) is 0 Å². The molecule has 6 nitrogen and oxygen atoms in total. The molecule has 3 amide bonds. The lowest BCUT2D eigenvalue weighted by atomic mass is 9.95. The molecule has 1 aliphatic rings. The van der Waals surface area contributed by atoms with Crippen molar-refractivity contribution in [1.29, 1.82) is 0 Å². The van der Waals surface area contributed by atoms with E-state index in [-0.39, 0.29) is 17.7 Å². The van der Waals surface area contributed by atoms with Crippen LogP contribution in [0.4, 0.5) is 31.1 Å². The van der Waals surface area contributed by atoms with Crippen LogP contribution in [0.25, 0.3) is 0 Å². The minimum Gasteiger partial charge on any atom is -0.377 e. The van der Waals surface area contributed by atoms with Gasteiger partial charge in [0, 0.05) is 25.7 Å². The first-order valence-electron chi connectivity index (χ1n) is 11.0. The molecule has 3 N–H and O–H groups in total. The average molecular weight is 519 g/mol. The van der Waals surface area contributed by atoms with E-state index in [1.165, 1.54) is 19.6 Å². The number of imide groups is 1. The Morgan fingerprint density at radius 1 is 1.03 bits per heavy atom. The van der Waals surface area contributed by atoms with E-state index in [9.17, 15) is 35.9 Å². The minimum atomic E-state index is -4.83. The van der Waals surface area contributed by atoms with Crippen LogP contribution in [0.3, 0.4) is 0 Å². The third kappa shape index (κ3) is 8.83. The number of methoxy groups -OCH3 is 1. The van der Waals surface area contributed by atoms with E-state index in [1.54, 1.807) is 0 Å². The number of ether oxygens (including phenoxy) is 1. The molecule has 1 aliphatic heterocycles. The SMILES string of the molecule is COC(C)c1cc(C(F)(F)F)cc(C(F)(F)F)c1.O=CNC(=O)NC1CCC(c2ccccc2)NC1. The minimum absolute atomic E-state index is 0.0740. The van der Waals surface area contributed by atoms with Gasteiger partial charge in [0.2, 0.25) is 6.41 Å². The van der Waals surface area contributed by atoms with Gasteiger partial charge in [0.1, 0.15) is 0 Å². The summed E-state index contributed by atoms with van der Waals surface area (Å²) < 4.78 is 79.7. The number of benzene rings is 2. The van der Waals surface area contributed by atoms with E-state index in [4.69, 9.17) is 4.74 Å². The van der Waals surface area contributed by atoms with Gasteiger partial charge in [0.25, 0.3) is 0 Å². The Morgan fingerprint density at radius 3 is 2.06 bits per heavy atom. The monoisotopic (exact) mass is 519 g/mol. The van der Waals surface area contributed by atoms with Gasteiger partial charge in [-0.15, -0.1) is 0 Å². The Balaban J connectivity index is 0.000000254. The first-order chi connectivity index (χ1) is 16.8. The molecule has 3 unspecified atom stereocenters. The number of halogens is 6. The fourth-order valence-electron chi connectivity index (χ4n) is 3.58. The molecule has 0 aromatic heterocycles. The molecule has 0 saturated carbocycles. The van der Waals surface area contributed by atoms with Crippen molar-refractivity contribution in [3.8, 4) is 0 Å². The summed E-state index contributed by atoms with van der Waals surface area (Å²) in [6.45, 7) is 2.08. The van der Waals surface area contributed by atoms with Crippen LogP contribution in [0, 0.1) is 0 Å². The van der Waals surface area contributed by atoms with Crippen LogP contribution in [0.15, 0.2) is 48.5 Å². The second-order valence-electron chi connectivity index (χ2n) is 8.10. The highest BCUT2D eigenvalue weighted by atomic mass is 19.4. The maximum atomic E-state index is 12.5. The van der Waals surface area contributed by atoms with Crippen LogP contribution < -0.4 is 16.0 Å². The van der Waals surface area contributed by atoms with Gasteiger partial charge in [-0.25, -0.2) is 4.79 Å². The number of hydrogen-bond donors (Lipinski definition) is 3. The predicted octanol–water partition coefficient (Wildman–Crippen LogP) is 5.37. The van der Waals surface area contributed by atoms with Crippen LogP contribution in [-0.2, 0) is 21.9 Å². The fourth-order valence-corrected chi connectivity index (χ4v) is 3.58. The summed E-state index contributed by atoms with van der Waals surface area (Å²) >= 11 is 0. The maximum Gasteiger partial charge on any atom is 0.416 e. The molecule has 1 fully saturated rings. The summed E-state index contributed by atoms with van der Waals surface area (Å²) in [5.74, 6) is 0. The van der Waals surface area contributed by atoms with Crippen LogP contribution >= 0.6 is 0 Å². The lowest BCUT2D eigenvalue weighted by molar-refractivity contribution is -0.143. The van der Waals surface area contributed by atoms with Gasteiger partial charge in [-0.1, -0.05) is 30.3 Å². The summed E-state index contributed by atoms with van der Waals surface area (Å²) in [6.07, 6.45) is -8.26. The smallest absolute Gasteiger partial charge is 0.377 e. The number of nitrogens with one attached hydrogen (secondary N) is 3. The zero-order chi connectivity index (χ0) is 26.9. The van der Waals surface area contributed by atoms with Crippen LogP contribution in [0.5, 0.6) is 0 Å². The van der Waals surface area contributed by atoms with Crippen molar-refractivity contribution in [2.75, 3.05) is 13.7 Å². The highest BCUT2D eigenvalue weighted by molar-refractivity contribution is 5.84. The van der Waals surface area contributed by atoms with Gasteiger partial charge in [0.15, 0.2) is 0 Å². The van der Waals surface area contributed by atoms with E-state index in [0.29, 0.717) is 31.1 Å². The van der Waals surface area contributed by atoms with Crippen molar-refractivity contribution in [1.82, 2.24) is 16.0 Å². The Labute approximate surface area is 204 Å². The van der Waals surface area contributed by atoms with Crippen molar-refractivity contribution in [2.45, 2.75) is 50.3 Å². The van der Waals surface area contributed by atoms with Gasteiger partial charge in [-0.3, -0.25) is 10.1 Å². The second-order valence-corrected chi connectivity index (χ2v) is 8.10. The Bertz CT molecular complexity index is 959. The topological polar surface area (TPSA) is 79.5 Å². The molecule has 3 atom stereocenters. The molecule has 0 aliphatic carbocycles. The molecule has 198 valence electrons. The number of carbonyl (C=O) groups is 2. The summed E-state index contributed by atoms with van der Waals surface area (Å²) in [6, 6.07) is 11.6. The normalized spacial score (nSPS) is 18.9. The molecule has 3 rings (SSSR count). The van der Waals surface area contributed by atoms with Crippen LogP contribution in [-0.4, -0.2) is 32.1 Å². The van der Waals surface area contributed by atoms with E-state index in [1.807, 2.05) is 18.2 Å². The standard InChI is InChI=1S/C13H17N3O2.C11H10F6O/c17-9-15-13(18)16-11-6-7-12(14-8-11)10-4-2-1-3-5-10;1-6(18-2)7-3-8(10(12,13)14)5-9(4-7)11(15,16)17/h1-5,9,11-12,14H,6-8H2,(H2,15,16,17,18);3-6H,1-2H3. The number of hydrogen-bond acceptors (Lipinski definition) is 4. The maximum absolute atomic E-state index is 12.5. The first-order valence-corrected chi connectivity index (χ1v) is 11.0. The van der Waals surface area contributed by atoms with E-state index in [2.05, 4.69) is 28.1 Å². The summed E-state index contributed by atoms with van der Waals surface area (Å²) in [4.78, 5) is 21.3. The van der Waals surface area contributed by atoms with Crippen molar-refractivity contribution < 1.29 is 40.7 Å². The van der Waals surface area contributed by atoms with E-state index < -0.39 is 35.6 Å². The van der Waals surface area contributed by atoms with Crippen LogP contribution in [0.1, 0.15) is 54.2 Å². The number of rotatable bonds is 5. The predicted molar refractivity (Wildman–Crippen MR) is 120 cm³/mol. The Hall–Kier alpha value is -3.12. The molecule has 0 bridgehead atoms. The molecular formula is C24H27F6N3O3. The molecular weight excluding hydrogens is 492 g/mol. The number of carbonyl (C=O) groups excluding carboxylic acids is 2. The van der Waals surface area contributed by atoms with Crippen molar-refractivity contribution in [3.63, 3.8) is 0 Å². The largest absolute Gasteiger partial charge is 0.416 e. The molecule has 1 saturated heterocycles. The zero-order valence-electron chi connectivity index (χ0n) is 19.5. The Kier molecular flexibility index (Phi) is 10.3. The molecule has 0 radical (unpaired) electrons. The third-order valence-electron chi connectivity index (χ3n) is 5.57. The number of piperidine rings is 1. The molecule has 36 heavy (non-hydrogen) atoms. The number of alkyl halides is 6. The molecule has 2 aromatic carbocycles. The Morgan fingerprint density at radius 2 is 1.61 bits per heavy atom. The number of urea groups is 1. The average Bonchev–Trinajstić information content (AvgIpc) is 2.84. The summed E-state index contributed by atoms with van der Waals surface area (Å²) in [5, 5.41) is 8.23. The number of amides is 3. The fraction of sp³-hybridized carbons (Fsp3) is 0.417. The first kappa shape index (κ1) is 29.1. The molecule has 1 heterocycles. The van der Waals surface area contributed by atoms with E-state index in [0.717, 1.165) is 12.8 Å². The molecule has 0 spiro atoms. The van der Waals surface area contributed by atoms with E-state index >= 15 is 0 Å². The van der Waals surface area contributed by atoms with Gasteiger partial charge in [0.05, 0.1) is 17.2 Å². The van der Waals surface area contributed by atoms with Crippen molar-refractivity contribution >= 4 is 12.4 Å². The second kappa shape index (κ2) is 12.7. The quantitative estimate of drug-likeness (QED) is 0.367. The highest BCUT2D eigenvalue weighted by Crippen LogP contribution is 2.37. The summed E-state index contributed by atoms with van der Waals surface area (Å²) in [5.41, 5.74) is -1.57. The van der Waals surface area contributed by atoms with Gasteiger partial charge >= 0.3 is 18.4 Å². The molecule has 12 heteroatoms. The van der Waals surface area contributed by atoms with Gasteiger partial charge < -0.3 is 15.4 Å². The third-order valence-corrected chi connectivity index (χ3v) is 5.57. The molecule has 2 aromatic rings. The van der Waals surface area contributed by atoms with Crippen LogP contribution in [0.2, 0.25) is 0 Å². The van der Waals surface area contributed by atoms with Gasteiger partial charge in [-0.2, -0.15) is 26.3 Å². The lowest BCUT2D eigenvalue weighted by Crippen LogP contribution is -2.49. The summed E-state index contributed by atoms with van der Waals surface area (Å²) in [7, 11) is 1.21. The van der Waals surface area contributed by atoms with Gasteiger partial charge in [-0.05, 0) is 49.1 Å². The zero-order valence-corrected chi connectivity index (χ0v) is 19.5.